The summed E-state index contributed by atoms with van der Waals surface area (Å²) in [7, 11) is 0. The van der Waals surface area contributed by atoms with Gasteiger partial charge in [-0.25, -0.2) is 0 Å². The molecule has 2 unspecified atom stereocenters. The zero-order valence-electron chi connectivity index (χ0n) is 43.7. The minimum absolute atomic E-state index is 0.0138. The third-order valence-electron chi connectivity index (χ3n) is 13.5. The summed E-state index contributed by atoms with van der Waals surface area (Å²) in [5.41, 5.74) is 0. The van der Waals surface area contributed by atoms with Gasteiger partial charge in [0.25, 0.3) is 0 Å². The minimum Gasteiger partial charge on any atom is -0.466 e. The molecule has 0 saturated heterocycles. The number of esters is 1. The number of aliphatic hydroxyl groups is 2. The Morgan fingerprint density at radius 3 is 1.09 bits per heavy atom. The predicted molar refractivity (Wildman–Crippen MR) is 283 cm³/mol. The monoisotopic (exact) mass is 916 g/mol. The molecule has 0 bridgehead atoms. The summed E-state index contributed by atoms with van der Waals surface area (Å²) in [6.07, 6.45) is 66.2. The average molecular weight is 917 g/mol. The zero-order valence-corrected chi connectivity index (χ0v) is 43.7. The van der Waals surface area contributed by atoms with Gasteiger partial charge in [-0.05, 0) is 57.8 Å². The highest BCUT2D eigenvalue weighted by atomic mass is 16.5. The lowest BCUT2D eigenvalue weighted by molar-refractivity contribution is -0.143. The maximum Gasteiger partial charge on any atom is 0.305 e. The summed E-state index contributed by atoms with van der Waals surface area (Å²) >= 11 is 0. The Kier molecular flexibility index (Phi) is 53.5. The number of nitrogens with one attached hydrogen (secondary N) is 1. The molecule has 1 amide bonds. The first-order chi connectivity index (χ1) is 32.0. The summed E-state index contributed by atoms with van der Waals surface area (Å²) in [5.74, 6) is -0.0926. The topological polar surface area (TPSA) is 95.9 Å². The van der Waals surface area contributed by atoms with Gasteiger partial charge in [-0.2, -0.15) is 0 Å². The fraction of sp³-hybridized carbons (Fsp3) is 0.898. The molecule has 0 radical (unpaired) electrons. The Balaban J connectivity index is 3.48. The average Bonchev–Trinajstić information content (AvgIpc) is 3.31. The molecule has 6 heteroatoms. The van der Waals surface area contributed by atoms with Gasteiger partial charge in [-0.3, -0.25) is 9.59 Å². The first-order valence-corrected chi connectivity index (χ1v) is 29.1. The molecule has 0 aliphatic carbocycles. The number of carbonyl (C=O) groups excluding carboxylic acids is 2. The van der Waals surface area contributed by atoms with E-state index < -0.39 is 12.1 Å². The van der Waals surface area contributed by atoms with Gasteiger partial charge in [0.15, 0.2) is 0 Å². The van der Waals surface area contributed by atoms with Crippen molar-refractivity contribution in [1.82, 2.24) is 5.32 Å². The van der Waals surface area contributed by atoms with E-state index in [1.54, 1.807) is 6.08 Å². The van der Waals surface area contributed by atoms with Gasteiger partial charge >= 0.3 is 5.97 Å². The molecular formula is C59H113NO5. The lowest BCUT2D eigenvalue weighted by Crippen LogP contribution is -2.45. The van der Waals surface area contributed by atoms with Gasteiger partial charge < -0.3 is 20.3 Å². The lowest BCUT2D eigenvalue weighted by atomic mass is 10.0. The van der Waals surface area contributed by atoms with E-state index in [-0.39, 0.29) is 18.5 Å². The number of carbonyl (C=O) groups is 2. The molecule has 0 aromatic carbocycles. The summed E-state index contributed by atoms with van der Waals surface area (Å²) in [5, 5.41) is 23.1. The third kappa shape index (κ3) is 51.6. The van der Waals surface area contributed by atoms with Gasteiger partial charge in [-0.15, -0.1) is 0 Å². The number of unbranched alkanes of at least 4 members (excludes halogenated alkanes) is 41. The molecule has 65 heavy (non-hydrogen) atoms. The van der Waals surface area contributed by atoms with Crippen LogP contribution in [0.25, 0.3) is 0 Å². The van der Waals surface area contributed by atoms with Crippen molar-refractivity contribution < 1.29 is 24.5 Å². The molecule has 2 atom stereocenters. The van der Waals surface area contributed by atoms with E-state index in [1.165, 1.54) is 231 Å². The molecule has 384 valence electrons. The summed E-state index contributed by atoms with van der Waals surface area (Å²) in [6, 6.07) is -0.638. The highest BCUT2D eigenvalue weighted by molar-refractivity contribution is 5.76. The van der Waals surface area contributed by atoms with Crippen LogP contribution in [0.4, 0.5) is 0 Å². The van der Waals surface area contributed by atoms with Gasteiger partial charge in [0.2, 0.25) is 5.91 Å². The van der Waals surface area contributed by atoms with Gasteiger partial charge in [0.05, 0.1) is 25.4 Å². The van der Waals surface area contributed by atoms with Crippen molar-refractivity contribution in [3.8, 4) is 0 Å². The molecule has 0 saturated carbocycles. The summed E-state index contributed by atoms with van der Waals surface area (Å²) < 4.78 is 5.47. The number of hydrogen-bond acceptors (Lipinski definition) is 5. The molecule has 0 fully saturated rings. The normalized spacial score (nSPS) is 12.7. The van der Waals surface area contributed by atoms with Gasteiger partial charge in [0.1, 0.15) is 0 Å². The zero-order chi connectivity index (χ0) is 47.2. The molecular weight excluding hydrogens is 803 g/mol. The number of aliphatic hydroxyl groups excluding tert-OH is 2. The van der Waals surface area contributed by atoms with Crippen molar-refractivity contribution in [3.63, 3.8) is 0 Å². The van der Waals surface area contributed by atoms with E-state index in [0.29, 0.717) is 19.4 Å². The van der Waals surface area contributed by atoms with E-state index in [1.807, 2.05) is 6.08 Å². The molecule has 0 aromatic rings. The standard InChI is InChI=1S/C59H113NO5/c1-3-5-7-9-11-13-15-17-19-21-22-23-24-27-31-35-39-43-47-51-57(62)56(55-61)60-58(63)52-48-44-40-36-32-28-26-30-34-38-42-46-50-54-65-59(64)53-49-45-41-37-33-29-25-20-18-16-14-12-10-8-6-4-2/h20,25,47,51,56-57,61-62H,3-19,21-24,26-46,48-50,52-55H2,1-2H3,(H,60,63)/b25-20-,51-47+. The second-order valence-electron chi connectivity index (χ2n) is 20.0. The van der Waals surface area contributed by atoms with Crippen LogP contribution >= 0.6 is 0 Å². The first-order valence-electron chi connectivity index (χ1n) is 29.1. The van der Waals surface area contributed by atoms with E-state index in [4.69, 9.17) is 4.74 Å². The Labute approximate surface area is 405 Å². The molecule has 3 N–H and O–H groups in total. The van der Waals surface area contributed by atoms with Gasteiger partial charge in [0, 0.05) is 12.8 Å². The van der Waals surface area contributed by atoms with Crippen molar-refractivity contribution in [3.05, 3.63) is 24.3 Å². The second-order valence-corrected chi connectivity index (χ2v) is 20.0. The molecule has 0 rings (SSSR count). The largest absolute Gasteiger partial charge is 0.466 e. The minimum atomic E-state index is -0.854. The van der Waals surface area contributed by atoms with Crippen LogP contribution in [0.15, 0.2) is 24.3 Å². The SMILES string of the molecule is CCCCCCCCC/C=C\CCCCCCCC(=O)OCCCCCCCCCCCCCCCC(=O)NC(CO)C(O)/C=C/CCCCCCCCCCCCCCCCCCC. The summed E-state index contributed by atoms with van der Waals surface area (Å²) in [4.78, 5) is 24.5. The number of allylic oxidation sites excluding steroid dienone is 3. The number of rotatable bonds is 54. The van der Waals surface area contributed by atoms with Crippen LogP contribution in [-0.4, -0.2) is 47.4 Å². The third-order valence-corrected chi connectivity index (χ3v) is 13.5. The van der Waals surface area contributed by atoms with E-state index in [9.17, 15) is 19.8 Å². The number of ether oxygens (including phenoxy) is 1. The molecule has 0 aromatic heterocycles. The van der Waals surface area contributed by atoms with Crippen LogP contribution in [0.5, 0.6) is 0 Å². The molecule has 0 aliphatic heterocycles. The van der Waals surface area contributed by atoms with Crippen molar-refractivity contribution >= 4 is 11.9 Å². The van der Waals surface area contributed by atoms with Crippen molar-refractivity contribution in [1.29, 1.82) is 0 Å². The van der Waals surface area contributed by atoms with Crippen LogP contribution < -0.4 is 5.32 Å². The van der Waals surface area contributed by atoms with E-state index in [0.717, 1.165) is 57.8 Å². The quantitative estimate of drug-likeness (QED) is 0.0321. The first kappa shape index (κ1) is 63.3. The highest BCUT2D eigenvalue weighted by Crippen LogP contribution is 2.17. The smallest absolute Gasteiger partial charge is 0.305 e. The Bertz CT molecular complexity index is 1010. The lowest BCUT2D eigenvalue weighted by Gasteiger charge is -2.20. The Morgan fingerprint density at radius 1 is 0.415 bits per heavy atom. The van der Waals surface area contributed by atoms with Crippen LogP contribution in [0, 0.1) is 0 Å². The maximum absolute atomic E-state index is 12.5. The van der Waals surface area contributed by atoms with Crippen LogP contribution in [0.3, 0.4) is 0 Å². The van der Waals surface area contributed by atoms with Crippen molar-refractivity contribution in [2.24, 2.45) is 0 Å². The van der Waals surface area contributed by atoms with E-state index >= 15 is 0 Å². The van der Waals surface area contributed by atoms with Crippen molar-refractivity contribution in [2.75, 3.05) is 13.2 Å². The van der Waals surface area contributed by atoms with E-state index in [2.05, 4.69) is 31.3 Å². The second kappa shape index (κ2) is 54.9. The molecule has 0 aliphatic rings. The molecule has 0 spiro atoms. The predicted octanol–water partition coefficient (Wildman–Crippen LogP) is 17.9. The molecule has 6 nitrogen and oxygen atoms in total. The van der Waals surface area contributed by atoms with Crippen LogP contribution in [-0.2, 0) is 14.3 Å². The highest BCUT2D eigenvalue weighted by Gasteiger charge is 2.18. The van der Waals surface area contributed by atoms with Gasteiger partial charge in [-0.1, -0.05) is 269 Å². The Hall–Kier alpha value is -1.66. The molecule has 0 heterocycles. The fourth-order valence-electron chi connectivity index (χ4n) is 8.98. The maximum atomic E-state index is 12.5. The van der Waals surface area contributed by atoms with Crippen molar-refractivity contribution in [2.45, 2.75) is 328 Å². The fourth-order valence-corrected chi connectivity index (χ4v) is 8.98. The number of hydrogen-bond donors (Lipinski definition) is 3. The number of amides is 1. The van der Waals surface area contributed by atoms with Crippen LogP contribution in [0.1, 0.15) is 316 Å². The summed E-state index contributed by atoms with van der Waals surface area (Å²) in [6.45, 7) is 4.89. The van der Waals surface area contributed by atoms with Crippen LogP contribution in [0.2, 0.25) is 0 Å². The Morgan fingerprint density at radius 2 is 0.723 bits per heavy atom.